The SMILES string of the molecule is O=C1CN(c2cc(C(=O)O)nc3ccccc23)CCN1. The molecule has 0 atom stereocenters. The van der Waals surface area contributed by atoms with Gasteiger partial charge in [0.25, 0.3) is 0 Å². The molecule has 3 rings (SSSR count). The summed E-state index contributed by atoms with van der Waals surface area (Å²) in [6.45, 7) is 1.43. The Bertz CT molecular complexity index is 699. The van der Waals surface area contributed by atoms with Crippen LogP contribution in [0, 0.1) is 0 Å². The van der Waals surface area contributed by atoms with Gasteiger partial charge in [-0.15, -0.1) is 0 Å². The lowest BCUT2D eigenvalue weighted by Crippen LogP contribution is -2.47. The van der Waals surface area contributed by atoms with Gasteiger partial charge in [-0.25, -0.2) is 9.78 Å². The van der Waals surface area contributed by atoms with Gasteiger partial charge in [-0.2, -0.15) is 0 Å². The number of nitrogens with zero attached hydrogens (tertiary/aromatic N) is 2. The third-order valence-electron chi connectivity index (χ3n) is 3.29. The molecule has 2 heterocycles. The Morgan fingerprint density at radius 3 is 2.90 bits per heavy atom. The number of hydrogen-bond donors (Lipinski definition) is 2. The predicted octanol–water partition coefficient (Wildman–Crippen LogP) is 0.869. The van der Waals surface area contributed by atoms with Gasteiger partial charge >= 0.3 is 5.97 Å². The van der Waals surface area contributed by atoms with E-state index >= 15 is 0 Å². The van der Waals surface area contributed by atoms with Crippen LogP contribution in [0.15, 0.2) is 30.3 Å². The quantitative estimate of drug-likeness (QED) is 0.847. The molecular formula is C14H13N3O3. The van der Waals surface area contributed by atoms with Gasteiger partial charge in [-0.1, -0.05) is 18.2 Å². The summed E-state index contributed by atoms with van der Waals surface area (Å²) in [4.78, 5) is 28.7. The number of nitrogens with one attached hydrogen (secondary N) is 1. The second-order valence-electron chi connectivity index (χ2n) is 4.62. The van der Waals surface area contributed by atoms with E-state index in [4.69, 9.17) is 5.11 Å². The van der Waals surface area contributed by atoms with Gasteiger partial charge in [0.15, 0.2) is 5.69 Å². The summed E-state index contributed by atoms with van der Waals surface area (Å²) in [6.07, 6.45) is 0. The van der Waals surface area contributed by atoms with Gasteiger partial charge in [0.2, 0.25) is 5.91 Å². The van der Waals surface area contributed by atoms with Crippen molar-refractivity contribution >= 4 is 28.5 Å². The number of carbonyl (C=O) groups is 2. The van der Waals surface area contributed by atoms with Crippen LogP contribution in [0.1, 0.15) is 10.5 Å². The molecule has 1 aliphatic heterocycles. The van der Waals surface area contributed by atoms with Crippen LogP contribution in [0.25, 0.3) is 10.9 Å². The van der Waals surface area contributed by atoms with Gasteiger partial charge < -0.3 is 15.3 Å². The van der Waals surface area contributed by atoms with Crippen molar-refractivity contribution in [3.63, 3.8) is 0 Å². The van der Waals surface area contributed by atoms with Crippen LogP contribution in [-0.4, -0.2) is 41.6 Å². The van der Waals surface area contributed by atoms with Crippen LogP contribution in [0.2, 0.25) is 0 Å². The third-order valence-corrected chi connectivity index (χ3v) is 3.29. The summed E-state index contributed by atoms with van der Waals surface area (Å²) < 4.78 is 0. The highest BCUT2D eigenvalue weighted by Crippen LogP contribution is 2.27. The van der Waals surface area contributed by atoms with Gasteiger partial charge in [-0.3, -0.25) is 4.79 Å². The second-order valence-corrected chi connectivity index (χ2v) is 4.62. The van der Waals surface area contributed by atoms with E-state index in [0.29, 0.717) is 18.6 Å². The molecule has 1 aromatic heterocycles. The molecule has 1 amide bonds. The maximum absolute atomic E-state index is 11.5. The van der Waals surface area contributed by atoms with Gasteiger partial charge in [0.05, 0.1) is 12.1 Å². The first-order chi connectivity index (χ1) is 9.65. The fourth-order valence-corrected chi connectivity index (χ4v) is 2.37. The van der Waals surface area contributed by atoms with E-state index < -0.39 is 5.97 Å². The van der Waals surface area contributed by atoms with Crippen LogP contribution in [0.5, 0.6) is 0 Å². The highest BCUT2D eigenvalue weighted by Gasteiger charge is 2.20. The number of pyridine rings is 1. The summed E-state index contributed by atoms with van der Waals surface area (Å²) >= 11 is 0. The Morgan fingerprint density at radius 1 is 1.35 bits per heavy atom. The zero-order valence-electron chi connectivity index (χ0n) is 10.7. The monoisotopic (exact) mass is 271 g/mol. The first kappa shape index (κ1) is 12.4. The van der Waals surface area contributed by atoms with E-state index in [-0.39, 0.29) is 18.1 Å². The van der Waals surface area contributed by atoms with Crippen molar-refractivity contribution in [3.05, 3.63) is 36.0 Å². The van der Waals surface area contributed by atoms with E-state index in [1.165, 1.54) is 6.07 Å². The lowest BCUT2D eigenvalue weighted by molar-refractivity contribution is -0.120. The molecule has 0 saturated carbocycles. The average molecular weight is 271 g/mol. The number of rotatable bonds is 2. The topological polar surface area (TPSA) is 82.5 Å². The molecule has 2 N–H and O–H groups in total. The zero-order valence-corrected chi connectivity index (χ0v) is 10.7. The second kappa shape index (κ2) is 4.80. The van der Waals surface area contributed by atoms with Crippen LogP contribution in [0.4, 0.5) is 5.69 Å². The number of benzene rings is 1. The number of carbonyl (C=O) groups excluding carboxylic acids is 1. The van der Waals surface area contributed by atoms with Crippen molar-refractivity contribution in [2.24, 2.45) is 0 Å². The number of hydrogen-bond acceptors (Lipinski definition) is 4. The minimum atomic E-state index is -1.07. The molecule has 1 fully saturated rings. The van der Waals surface area contributed by atoms with Gasteiger partial charge in [-0.05, 0) is 12.1 Å². The summed E-state index contributed by atoms with van der Waals surface area (Å²) in [6, 6.07) is 8.87. The number of piperazine rings is 1. The number of aromatic carboxylic acids is 1. The smallest absolute Gasteiger partial charge is 0.354 e. The molecule has 0 spiro atoms. The fourth-order valence-electron chi connectivity index (χ4n) is 2.37. The van der Waals surface area contributed by atoms with Crippen molar-refractivity contribution < 1.29 is 14.7 Å². The Balaban J connectivity index is 2.16. The molecule has 1 aromatic carbocycles. The Morgan fingerprint density at radius 2 is 2.15 bits per heavy atom. The Labute approximate surface area is 115 Å². The third kappa shape index (κ3) is 2.16. The molecule has 6 nitrogen and oxygen atoms in total. The molecule has 6 heteroatoms. The lowest BCUT2D eigenvalue weighted by Gasteiger charge is -2.29. The van der Waals surface area contributed by atoms with Crippen LogP contribution >= 0.6 is 0 Å². The Kier molecular flexibility index (Phi) is 2.98. The van der Waals surface area contributed by atoms with Crippen molar-refractivity contribution in [1.82, 2.24) is 10.3 Å². The van der Waals surface area contributed by atoms with E-state index in [1.54, 1.807) is 6.07 Å². The number of para-hydroxylation sites is 1. The summed E-state index contributed by atoms with van der Waals surface area (Å²) in [5, 5.41) is 12.8. The highest BCUT2D eigenvalue weighted by atomic mass is 16.4. The van der Waals surface area contributed by atoms with Crippen molar-refractivity contribution in [1.29, 1.82) is 0 Å². The first-order valence-electron chi connectivity index (χ1n) is 6.30. The van der Waals surface area contributed by atoms with Crippen molar-refractivity contribution in [2.75, 3.05) is 24.5 Å². The number of fused-ring (bicyclic) bond motifs is 1. The first-order valence-corrected chi connectivity index (χ1v) is 6.30. The molecular weight excluding hydrogens is 258 g/mol. The summed E-state index contributed by atoms with van der Waals surface area (Å²) in [7, 11) is 0. The van der Waals surface area contributed by atoms with Crippen molar-refractivity contribution in [3.8, 4) is 0 Å². The minimum Gasteiger partial charge on any atom is -0.477 e. The van der Waals surface area contributed by atoms with Gasteiger partial charge in [0.1, 0.15) is 0 Å². The molecule has 0 radical (unpaired) electrons. The molecule has 2 aromatic rings. The fraction of sp³-hybridized carbons (Fsp3) is 0.214. The molecule has 1 saturated heterocycles. The maximum Gasteiger partial charge on any atom is 0.354 e. The van der Waals surface area contributed by atoms with Gasteiger partial charge in [0, 0.05) is 24.2 Å². The number of aromatic nitrogens is 1. The molecule has 102 valence electrons. The number of carboxylic acid groups (broad SMARTS) is 1. The largest absolute Gasteiger partial charge is 0.477 e. The number of amides is 1. The zero-order chi connectivity index (χ0) is 14.1. The average Bonchev–Trinajstić information content (AvgIpc) is 2.46. The van der Waals surface area contributed by atoms with Crippen LogP contribution < -0.4 is 10.2 Å². The minimum absolute atomic E-state index is 0.00955. The molecule has 20 heavy (non-hydrogen) atoms. The summed E-state index contributed by atoms with van der Waals surface area (Å²) in [5.41, 5.74) is 1.35. The molecule has 0 aliphatic carbocycles. The van der Waals surface area contributed by atoms with Crippen LogP contribution in [-0.2, 0) is 4.79 Å². The normalized spacial score (nSPS) is 15.2. The lowest BCUT2D eigenvalue weighted by atomic mass is 10.1. The van der Waals surface area contributed by atoms with E-state index in [9.17, 15) is 9.59 Å². The molecule has 1 aliphatic rings. The standard InChI is InChI=1S/C14H13N3O3/c18-13-8-17(6-5-15-13)12-7-11(14(19)20)16-10-4-2-1-3-9(10)12/h1-4,7H,5-6,8H2,(H,15,18)(H,19,20). The van der Waals surface area contributed by atoms with Crippen molar-refractivity contribution in [2.45, 2.75) is 0 Å². The molecule has 0 unspecified atom stereocenters. The van der Waals surface area contributed by atoms with E-state index in [0.717, 1.165) is 11.1 Å². The maximum atomic E-state index is 11.5. The predicted molar refractivity (Wildman–Crippen MR) is 73.9 cm³/mol. The Hall–Kier alpha value is -2.63. The van der Waals surface area contributed by atoms with E-state index in [2.05, 4.69) is 10.3 Å². The summed E-state index contributed by atoms with van der Waals surface area (Å²) in [5.74, 6) is -1.13. The number of carboxylic acids is 1. The highest BCUT2D eigenvalue weighted by molar-refractivity contribution is 5.98. The van der Waals surface area contributed by atoms with Crippen LogP contribution in [0.3, 0.4) is 0 Å². The molecule has 0 bridgehead atoms. The van der Waals surface area contributed by atoms with E-state index in [1.807, 2.05) is 23.1 Å². The number of anilines is 1.